The van der Waals surface area contributed by atoms with Gasteiger partial charge in [-0.1, -0.05) is 6.07 Å². The Labute approximate surface area is 103 Å². The van der Waals surface area contributed by atoms with Gasteiger partial charge in [0.2, 0.25) is 11.8 Å². The minimum Gasteiger partial charge on any atom is -0.444 e. The molecule has 1 atom stereocenters. The van der Waals surface area contributed by atoms with Gasteiger partial charge >= 0.3 is 0 Å². The Hall–Kier alpha value is -1.66. The molecule has 90 valence electrons. The van der Waals surface area contributed by atoms with E-state index >= 15 is 0 Å². The van der Waals surface area contributed by atoms with E-state index in [1.807, 2.05) is 17.5 Å². The van der Waals surface area contributed by atoms with Crippen molar-refractivity contribution in [1.29, 1.82) is 0 Å². The molecule has 6 heteroatoms. The fourth-order valence-corrected chi connectivity index (χ4v) is 2.08. The molecule has 0 saturated carbocycles. The van der Waals surface area contributed by atoms with Gasteiger partial charge in [0, 0.05) is 4.88 Å². The normalized spacial score (nSPS) is 12.4. The monoisotopic (exact) mass is 251 g/mol. The average Bonchev–Trinajstić information content (AvgIpc) is 2.95. The third-order valence-corrected chi connectivity index (χ3v) is 3.17. The van der Waals surface area contributed by atoms with E-state index in [1.54, 1.807) is 13.1 Å². The second-order valence-electron chi connectivity index (χ2n) is 3.58. The quantitative estimate of drug-likeness (QED) is 0.859. The molecule has 2 aromatic heterocycles. The van der Waals surface area contributed by atoms with Crippen molar-refractivity contribution in [2.45, 2.75) is 19.5 Å². The van der Waals surface area contributed by atoms with Crippen molar-refractivity contribution in [2.24, 2.45) is 5.73 Å². The molecule has 5 nitrogen and oxygen atoms in total. The number of carbonyl (C=O) groups is 1. The Morgan fingerprint density at radius 2 is 2.53 bits per heavy atom. The molecule has 0 spiro atoms. The maximum Gasteiger partial charge on any atom is 0.242 e. The van der Waals surface area contributed by atoms with Crippen LogP contribution in [0.1, 0.15) is 22.6 Å². The number of carbonyl (C=O) groups excluding carboxylic acids is 1. The molecule has 0 fully saturated rings. The van der Waals surface area contributed by atoms with E-state index in [1.165, 1.54) is 11.3 Å². The fraction of sp³-hybridized carbons (Fsp3) is 0.273. The molecule has 0 aliphatic carbocycles. The van der Waals surface area contributed by atoms with Gasteiger partial charge in [0.1, 0.15) is 11.8 Å². The van der Waals surface area contributed by atoms with E-state index in [9.17, 15) is 4.79 Å². The lowest BCUT2D eigenvalue weighted by Crippen LogP contribution is -2.33. The molecule has 0 aliphatic heterocycles. The molecule has 0 aliphatic rings. The summed E-state index contributed by atoms with van der Waals surface area (Å²) >= 11 is 1.46. The lowest BCUT2D eigenvalue weighted by Gasteiger charge is -2.08. The summed E-state index contributed by atoms with van der Waals surface area (Å²) in [5, 5.41) is 4.58. The summed E-state index contributed by atoms with van der Waals surface area (Å²) in [5.41, 5.74) is 5.80. The number of thiophene rings is 1. The number of nitrogens with zero attached hydrogens (tertiary/aromatic N) is 1. The van der Waals surface area contributed by atoms with E-state index < -0.39 is 6.04 Å². The zero-order valence-corrected chi connectivity index (χ0v) is 10.2. The summed E-state index contributed by atoms with van der Waals surface area (Å²) in [4.78, 5) is 16.6. The summed E-state index contributed by atoms with van der Waals surface area (Å²) in [7, 11) is 0. The first-order valence-electron chi connectivity index (χ1n) is 5.15. The molecular weight excluding hydrogens is 238 g/mol. The van der Waals surface area contributed by atoms with Crippen LogP contribution in [0.5, 0.6) is 0 Å². The minimum absolute atomic E-state index is 0.233. The summed E-state index contributed by atoms with van der Waals surface area (Å²) in [6.07, 6.45) is 1.61. The number of aromatic nitrogens is 1. The molecule has 0 radical (unpaired) electrons. The van der Waals surface area contributed by atoms with Crippen molar-refractivity contribution in [2.75, 3.05) is 0 Å². The van der Waals surface area contributed by atoms with Crippen molar-refractivity contribution in [3.05, 3.63) is 40.2 Å². The van der Waals surface area contributed by atoms with Gasteiger partial charge < -0.3 is 15.5 Å². The van der Waals surface area contributed by atoms with E-state index in [4.69, 9.17) is 10.2 Å². The highest BCUT2D eigenvalue weighted by atomic mass is 32.1. The first-order chi connectivity index (χ1) is 8.16. The van der Waals surface area contributed by atoms with Crippen molar-refractivity contribution < 1.29 is 9.21 Å². The topological polar surface area (TPSA) is 81.2 Å². The second-order valence-corrected chi connectivity index (χ2v) is 4.55. The SMILES string of the molecule is Cc1cnc(CNC(=O)C(N)c2cccs2)o1. The number of nitrogens with one attached hydrogen (secondary N) is 1. The first-order valence-corrected chi connectivity index (χ1v) is 6.03. The van der Waals surface area contributed by atoms with Gasteiger partial charge in [-0.05, 0) is 18.4 Å². The van der Waals surface area contributed by atoms with Crippen LogP contribution >= 0.6 is 11.3 Å². The molecule has 0 bridgehead atoms. The molecule has 17 heavy (non-hydrogen) atoms. The van der Waals surface area contributed by atoms with Crippen LogP contribution < -0.4 is 11.1 Å². The van der Waals surface area contributed by atoms with Gasteiger partial charge in [-0.15, -0.1) is 11.3 Å². The lowest BCUT2D eigenvalue weighted by molar-refractivity contribution is -0.122. The van der Waals surface area contributed by atoms with Gasteiger partial charge in [-0.25, -0.2) is 4.98 Å². The Balaban J connectivity index is 1.89. The maximum atomic E-state index is 11.7. The van der Waals surface area contributed by atoms with Crippen LogP contribution in [0.2, 0.25) is 0 Å². The number of rotatable bonds is 4. The zero-order chi connectivity index (χ0) is 12.3. The molecule has 3 N–H and O–H groups in total. The van der Waals surface area contributed by atoms with Crippen LogP contribution in [0.4, 0.5) is 0 Å². The highest BCUT2D eigenvalue weighted by molar-refractivity contribution is 7.10. The van der Waals surface area contributed by atoms with Crippen LogP contribution in [0.15, 0.2) is 28.1 Å². The lowest BCUT2D eigenvalue weighted by atomic mass is 10.2. The van der Waals surface area contributed by atoms with E-state index in [0.717, 1.165) is 10.6 Å². The number of hydrogen-bond donors (Lipinski definition) is 2. The highest BCUT2D eigenvalue weighted by Crippen LogP contribution is 2.16. The zero-order valence-electron chi connectivity index (χ0n) is 9.34. The Morgan fingerprint density at radius 3 is 3.12 bits per heavy atom. The Kier molecular flexibility index (Phi) is 3.55. The average molecular weight is 251 g/mol. The molecule has 2 heterocycles. The van der Waals surface area contributed by atoms with E-state index in [2.05, 4.69) is 10.3 Å². The molecule has 1 unspecified atom stereocenters. The van der Waals surface area contributed by atoms with Gasteiger partial charge in [0.15, 0.2) is 0 Å². The minimum atomic E-state index is -0.633. The smallest absolute Gasteiger partial charge is 0.242 e. The van der Waals surface area contributed by atoms with Gasteiger partial charge in [0.25, 0.3) is 0 Å². The maximum absolute atomic E-state index is 11.7. The fourth-order valence-electron chi connectivity index (χ4n) is 1.35. The Bertz CT molecular complexity index is 493. The van der Waals surface area contributed by atoms with E-state index in [0.29, 0.717) is 5.89 Å². The first kappa shape index (κ1) is 11.8. The molecule has 1 amide bonds. The standard InChI is InChI=1S/C11H13N3O2S/c1-7-5-13-9(16-7)6-14-11(15)10(12)8-3-2-4-17-8/h2-5,10H,6,12H2,1H3,(H,14,15). The summed E-state index contributed by atoms with van der Waals surface area (Å²) in [6.45, 7) is 2.06. The third-order valence-electron chi connectivity index (χ3n) is 2.22. The van der Waals surface area contributed by atoms with Crippen molar-refractivity contribution in [1.82, 2.24) is 10.3 Å². The molecular formula is C11H13N3O2S. The van der Waals surface area contributed by atoms with Crippen molar-refractivity contribution in [3.63, 3.8) is 0 Å². The molecule has 2 rings (SSSR count). The van der Waals surface area contributed by atoms with Crippen LogP contribution in [0.25, 0.3) is 0 Å². The van der Waals surface area contributed by atoms with Crippen LogP contribution in [-0.4, -0.2) is 10.9 Å². The van der Waals surface area contributed by atoms with E-state index in [-0.39, 0.29) is 12.5 Å². The van der Waals surface area contributed by atoms with Gasteiger partial charge in [-0.3, -0.25) is 4.79 Å². The number of oxazole rings is 1. The van der Waals surface area contributed by atoms with Gasteiger partial charge in [-0.2, -0.15) is 0 Å². The molecule has 2 aromatic rings. The number of nitrogens with two attached hydrogens (primary N) is 1. The largest absolute Gasteiger partial charge is 0.444 e. The Morgan fingerprint density at radius 1 is 1.71 bits per heavy atom. The molecule has 0 aromatic carbocycles. The third kappa shape index (κ3) is 2.92. The van der Waals surface area contributed by atoms with Gasteiger partial charge in [0.05, 0.1) is 12.7 Å². The number of amides is 1. The predicted molar refractivity (Wildman–Crippen MR) is 64.3 cm³/mol. The number of aryl methyl sites for hydroxylation is 1. The highest BCUT2D eigenvalue weighted by Gasteiger charge is 2.16. The van der Waals surface area contributed by atoms with Crippen LogP contribution in [-0.2, 0) is 11.3 Å². The van der Waals surface area contributed by atoms with Crippen molar-refractivity contribution >= 4 is 17.2 Å². The second kappa shape index (κ2) is 5.11. The molecule has 0 saturated heterocycles. The summed E-state index contributed by atoms with van der Waals surface area (Å²) < 4.78 is 5.24. The summed E-state index contributed by atoms with van der Waals surface area (Å²) in [6, 6.07) is 3.07. The van der Waals surface area contributed by atoms with Crippen LogP contribution in [0.3, 0.4) is 0 Å². The predicted octanol–water partition coefficient (Wildman–Crippen LogP) is 1.36. The summed E-state index contributed by atoms with van der Waals surface area (Å²) in [5.74, 6) is 0.967. The van der Waals surface area contributed by atoms with Crippen molar-refractivity contribution in [3.8, 4) is 0 Å². The van der Waals surface area contributed by atoms with Crippen LogP contribution in [0, 0.1) is 6.92 Å². The number of hydrogen-bond acceptors (Lipinski definition) is 5.